The zero-order valence-corrected chi connectivity index (χ0v) is 23.6. The zero-order chi connectivity index (χ0) is 25.8. The molecule has 4 atom stereocenters. The van der Waals surface area contributed by atoms with Gasteiger partial charge in [-0.3, -0.25) is 9.59 Å². The number of carbonyl (C=O) groups excluding carboxylic acids is 2. The smallest absolute Gasteiger partial charge is 0.306 e. The number of carbonyl (C=O) groups is 2. The molecule has 0 aromatic rings. The van der Waals surface area contributed by atoms with Crippen molar-refractivity contribution in [2.45, 2.75) is 131 Å². The van der Waals surface area contributed by atoms with E-state index in [0.29, 0.717) is 49.2 Å². The van der Waals surface area contributed by atoms with E-state index in [0.717, 1.165) is 69.8 Å². The van der Waals surface area contributed by atoms with Crippen LogP contribution in [0.25, 0.3) is 0 Å². The number of unbranched alkanes of at least 4 members (excludes halogenated alkanes) is 4. The molecular weight excluding hydrogens is 440 g/mol. The maximum absolute atomic E-state index is 12.2. The van der Waals surface area contributed by atoms with Gasteiger partial charge in [-0.25, -0.2) is 0 Å². The van der Waals surface area contributed by atoms with Gasteiger partial charge in [0, 0.05) is 19.4 Å². The molecule has 4 unspecified atom stereocenters. The van der Waals surface area contributed by atoms with Gasteiger partial charge in [-0.1, -0.05) is 48.0 Å². The molecule has 5 nitrogen and oxygen atoms in total. The van der Waals surface area contributed by atoms with Crippen molar-refractivity contribution in [2.24, 2.45) is 35.5 Å². The Morgan fingerprint density at radius 1 is 0.571 bits per heavy atom. The van der Waals surface area contributed by atoms with E-state index >= 15 is 0 Å². The average Bonchev–Trinajstić information content (AvgIpc) is 2.76. The van der Waals surface area contributed by atoms with Crippen molar-refractivity contribution in [3.8, 4) is 0 Å². The summed E-state index contributed by atoms with van der Waals surface area (Å²) in [5.41, 5.74) is 0. The Labute approximate surface area is 215 Å². The number of ether oxygens (including phenoxy) is 3. The molecule has 0 aromatic carbocycles. The van der Waals surface area contributed by atoms with Gasteiger partial charge in [0.2, 0.25) is 0 Å². The average molecular weight is 495 g/mol. The maximum atomic E-state index is 12.2. The summed E-state index contributed by atoms with van der Waals surface area (Å²) in [6.07, 6.45) is 11.5. The van der Waals surface area contributed by atoms with Crippen LogP contribution in [0, 0.1) is 35.5 Å². The van der Waals surface area contributed by atoms with E-state index in [2.05, 4.69) is 41.5 Å². The van der Waals surface area contributed by atoms with Crippen molar-refractivity contribution < 1.29 is 23.8 Å². The van der Waals surface area contributed by atoms with Gasteiger partial charge >= 0.3 is 11.9 Å². The molecule has 2 fully saturated rings. The van der Waals surface area contributed by atoms with Gasteiger partial charge in [0.15, 0.2) is 0 Å². The third kappa shape index (κ3) is 11.2. The minimum Gasteiger partial charge on any atom is -0.466 e. The summed E-state index contributed by atoms with van der Waals surface area (Å²) >= 11 is 0. The molecule has 2 aliphatic carbocycles. The van der Waals surface area contributed by atoms with E-state index in [1.54, 1.807) is 0 Å². The van der Waals surface area contributed by atoms with Crippen molar-refractivity contribution in [1.82, 2.24) is 0 Å². The Morgan fingerprint density at radius 2 is 1.03 bits per heavy atom. The molecule has 0 heterocycles. The van der Waals surface area contributed by atoms with E-state index < -0.39 is 0 Å². The largest absolute Gasteiger partial charge is 0.466 e. The van der Waals surface area contributed by atoms with Gasteiger partial charge in [0.1, 0.15) is 6.10 Å². The zero-order valence-electron chi connectivity index (χ0n) is 23.6. The van der Waals surface area contributed by atoms with Crippen LogP contribution in [0.4, 0.5) is 0 Å². The number of esters is 2. The summed E-state index contributed by atoms with van der Waals surface area (Å²) < 4.78 is 17.3. The normalized spacial score (nSPS) is 33.3. The molecule has 0 amide bonds. The highest BCUT2D eigenvalue weighted by atomic mass is 16.5. The van der Waals surface area contributed by atoms with Gasteiger partial charge in [0.05, 0.1) is 12.7 Å². The van der Waals surface area contributed by atoms with E-state index in [4.69, 9.17) is 14.2 Å². The molecule has 2 rings (SSSR count). The first-order chi connectivity index (χ1) is 16.7. The maximum Gasteiger partial charge on any atom is 0.306 e. The third-order valence-corrected chi connectivity index (χ3v) is 8.23. The first-order valence-electron chi connectivity index (χ1n) is 14.6. The highest BCUT2D eigenvalue weighted by Gasteiger charge is 2.34. The van der Waals surface area contributed by atoms with Gasteiger partial charge in [-0.15, -0.1) is 0 Å². The summed E-state index contributed by atoms with van der Waals surface area (Å²) in [6.45, 7) is 14.9. The number of hydrogen-bond acceptors (Lipinski definition) is 5. The van der Waals surface area contributed by atoms with Gasteiger partial charge < -0.3 is 14.2 Å². The molecule has 35 heavy (non-hydrogen) atoms. The van der Waals surface area contributed by atoms with Crippen LogP contribution in [0.3, 0.4) is 0 Å². The predicted octanol–water partition coefficient (Wildman–Crippen LogP) is 7.35. The molecule has 0 spiro atoms. The van der Waals surface area contributed by atoms with Crippen molar-refractivity contribution in [3.63, 3.8) is 0 Å². The molecular formula is C30H54O5. The lowest BCUT2D eigenvalue weighted by Crippen LogP contribution is -2.37. The minimum atomic E-state index is -0.108. The van der Waals surface area contributed by atoms with Crippen LogP contribution in [0.5, 0.6) is 0 Å². The van der Waals surface area contributed by atoms with Crippen LogP contribution in [-0.2, 0) is 23.8 Å². The van der Waals surface area contributed by atoms with E-state index in [1.165, 1.54) is 12.8 Å². The van der Waals surface area contributed by atoms with Crippen LogP contribution in [0.2, 0.25) is 0 Å². The van der Waals surface area contributed by atoms with E-state index in [1.807, 2.05) is 0 Å². The first-order valence-corrected chi connectivity index (χ1v) is 14.6. The summed E-state index contributed by atoms with van der Waals surface area (Å²) in [6, 6.07) is 0. The molecule has 0 radical (unpaired) electrons. The third-order valence-electron chi connectivity index (χ3n) is 8.23. The first kappa shape index (κ1) is 30.1. The molecule has 5 heteroatoms. The Kier molecular flexibility index (Phi) is 13.7. The Bertz CT molecular complexity index is 596. The Morgan fingerprint density at radius 3 is 1.57 bits per heavy atom. The lowest BCUT2D eigenvalue weighted by molar-refractivity contribution is -0.158. The molecule has 2 saturated carbocycles. The second kappa shape index (κ2) is 15.9. The predicted molar refractivity (Wildman–Crippen MR) is 141 cm³/mol. The van der Waals surface area contributed by atoms with Gasteiger partial charge in [-0.05, 0) is 93.3 Å². The number of rotatable bonds is 14. The summed E-state index contributed by atoms with van der Waals surface area (Å²) in [4.78, 5) is 24.2. The van der Waals surface area contributed by atoms with Crippen molar-refractivity contribution in [3.05, 3.63) is 0 Å². The lowest BCUT2D eigenvalue weighted by atomic mass is 9.75. The Hall–Kier alpha value is -1.10. The molecule has 0 N–H and O–H groups in total. The highest BCUT2D eigenvalue weighted by molar-refractivity contribution is 5.69. The molecule has 2 aliphatic rings. The van der Waals surface area contributed by atoms with Crippen LogP contribution in [0.1, 0.15) is 119 Å². The van der Waals surface area contributed by atoms with Gasteiger partial charge in [-0.2, -0.15) is 0 Å². The molecule has 0 bridgehead atoms. The molecule has 0 saturated heterocycles. The second-order valence-electron chi connectivity index (χ2n) is 12.2. The molecule has 0 aliphatic heterocycles. The molecule has 0 aromatic heterocycles. The summed E-state index contributed by atoms with van der Waals surface area (Å²) in [5.74, 6) is 3.51. The summed E-state index contributed by atoms with van der Waals surface area (Å²) in [5, 5.41) is 0. The van der Waals surface area contributed by atoms with Crippen LogP contribution >= 0.6 is 0 Å². The molecule has 204 valence electrons. The summed E-state index contributed by atoms with van der Waals surface area (Å²) in [7, 11) is 0. The fourth-order valence-corrected chi connectivity index (χ4v) is 6.73. The topological polar surface area (TPSA) is 61.8 Å². The van der Waals surface area contributed by atoms with Crippen molar-refractivity contribution in [1.29, 1.82) is 0 Å². The standard InChI is InChI=1S/C30H54O5/c1-21-17-23(3)29(24(4)18-21)34-16-12-7-9-13-27(31)33-15-11-8-10-14-28(32)35-30-25(5)19-22(2)20-26(30)6/h21-26,29-30H,7-20H2,1-6H3. The van der Waals surface area contributed by atoms with Gasteiger partial charge in [0.25, 0.3) is 0 Å². The fraction of sp³-hybridized carbons (Fsp3) is 0.933. The second-order valence-corrected chi connectivity index (χ2v) is 12.2. The van der Waals surface area contributed by atoms with Crippen molar-refractivity contribution in [2.75, 3.05) is 13.2 Å². The van der Waals surface area contributed by atoms with Crippen molar-refractivity contribution >= 4 is 11.9 Å². The minimum absolute atomic E-state index is 0.0643. The van der Waals surface area contributed by atoms with Crippen LogP contribution in [-0.4, -0.2) is 37.4 Å². The quantitative estimate of drug-likeness (QED) is 0.187. The van der Waals surface area contributed by atoms with E-state index in [-0.39, 0.29) is 18.0 Å². The monoisotopic (exact) mass is 494 g/mol. The lowest BCUT2D eigenvalue weighted by Gasteiger charge is -2.37. The van der Waals surface area contributed by atoms with Crippen LogP contribution < -0.4 is 0 Å². The SMILES string of the molecule is CC1CC(C)C(OCCCCCC(=O)OCCCCCC(=O)OC2C(C)CC(C)CC2C)C(C)C1. The van der Waals surface area contributed by atoms with Crippen LogP contribution in [0.15, 0.2) is 0 Å². The number of hydrogen-bond donors (Lipinski definition) is 0. The Balaban J connectivity index is 1.42. The fourth-order valence-electron chi connectivity index (χ4n) is 6.73. The highest BCUT2D eigenvalue weighted by Crippen LogP contribution is 2.36. The van der Waals surface area contributed by atoms with E-state index in [9.17, 15) is 9.59 Å².